The van der Waals surface area contributed by atoms with Crippen molar-refractivity contribution in [3.05, 3.63) is 77.2 Å². The first-order valence-electron chi connectivity index (χ1n) is 13.0. The highest BCUT2D eigenvalue weighted by Crippen LogP contribution is 2.41. The number of hydrogen-bond acceptors (Lipinski definition) is 5. The number of pyridine rings is 1. The van der Waals surface area contributed by atoms with E-state index in [-0.39, 0.29) is 29.0 Å². The first-order chi connectivity index (χ1) is 18.3. The fourth-order valence-corrected chi connectivity index (χ4v) is 5.10. The minimum atomic E-state index is -0.382. The smallest absolute Gasteiger partial charge is 0.137 e. The summed E-state index contributed by atoms with van der Waals surface area (Å²) in [5.41, 5.74) is 4.26. The van der Waals surface area contributed by atoms with Crippen LogP contribution < -0.4 is 9.47 Å². The van der Waals surface area contributed by atoms with Crippen LogP contribution in [0.1, 0.15) is 62.3 Å². The molecule has 0 N–H and O–H groups in total. The van der Waals surface area contributed by atoms with Crippen molar-refractivity contribution < 1.29 is 23.4 Å². The molecule has 3 aromatic rings. The van der Waals surface area contributed by atoms with Gasteiger partial charge in [0, 0.05) is 23.0 Å². The fourth-order valence-electron chi connectivity index (χ4n) is 5.10. The molecule has 196 valence electrons. The van der Waals surface area contributed by atoms with Crippen LogP contribution in [0.4, 0.5) is 4.39 Å². The van der Waals surface area contributed by atoms with E-state index in [1.807, 2.05) is 36.4 Å². The monoisotopic (exact) mass is 513 g/mol. The molecule has 0 bridgehead atoms. The summed E-state index contributed by atoms with van der Waals surface area (Å²) >= 11 is 0. The van der Waals surface area contributed by atoms with E-state index in [9.17, 15) is 4.79 Å². The summed E-state index contributed by atoms with van der Waals surface area (Å²) in [6.07, 6.45) is 3.10. The van der Waals surface area contributed by atoms with Crippen LogP contribution in [0.25, 0.3) is 11.3 Å². The summed E-state index contributed by atoms with van der Waals surface area (Å²) in [7, 11) is 0. The third kappa shape index (κ3) is 5.58. The van der Waals surface area contributed by atoms with Crippen molar-refractivity contribution in [1.29, 1.82) is 0 Å². The lowest BCUT2D eigenvalue weighted by Gasteiger charge is -2.37. The van der Waals surface area contributed by atoms with Crippen molar-refractivity contribution in [3.8, 4) is 34.6 Å². The molecule has 2 atom stereocenters. The van der Waals surface area contributed by atoms with Crippen LogP contribution >= 0.6 is 0 Å². The highest BCUT2D eigenvalue weighted by Gasteiger charge is 2.34. The third-order valence-corrected chi connectivity index (χ3v) is 7.15. The van der Waals surface area contributed by atoms with E-state index in [2.05, 4.69) is 23.7 Å². The Labute approximate surface area is 223 Å². The highest BCUT2D eigenvalue weighted by atomic mass is 19.1. The Morgan fingerprint density at radius 3 is 2.55 bits per heavy atom. The van der Waals surface area contributed by atoms with Crippen LogP contribution in [0.3, 0.4) is 0 Å². The number of ketones is 1. The van der Waals surface area contributed by atoms with Gasteiger partial charge in [0.05, 0.1) is 37.6 Å². The maximum absolute atomic E-state index is 15.1. The van der Waals surface area contributed by atoms with E-state index in [4.69, 9.17) is 14.2 Å². The first kappa shape index (κ1) is 25.9. The Bertz CT molecular complexity index is 1370. The summed E-state index contributed by atoms with van der Waals surface area (Å²) in [5, 5.41) is 0. The van der Waals surface area contributed by atoms with Crippen LogP contribution in [-0.4, -0.2) is 30.6 Å². The quantitative estimate of drug-likeness (QED) is 0.308. The number of Topliss-reactive ketones (excluding diaryl/α,β-unsaturated/α-hetero) is 1. The number of ether oxygens (including phenoxy) is 3. The minimum Gasteiger partial charge on any atom is -0.491 e. The number of rotatable bonds is 9. The molecule has 0 unspecified atom stereocenters. The maximum Gasteiger partial charge on any atom is 0.137 e. The van der Waals surface area contributed by atoms with E-state index < -0.39 is 0 Å². The van der Waals surface area contributed by atoms with Gasteiger partial charge in [-0.15, -0.1) is 5.92 Å². The van der Waals surface area contributed by atoms with Gasteiger partial charge in [-0.05, 0) is 74.2 Å². The van der Waals surface area contributed by atoms with Gasteiger partial charge < -0.3 is 14.2 Å². The molecule has 2 heterocycles. The predicted molar refractivity (Wildman–Crippen MR) is 144 cm³/mol. The average Bonchev–Trinajstić information content (AvgIpc) is 3.31. The van der Waals surface area contributed by atoms with E-state index in [0.29, 0.717) is 56.1 Å². The summed E-state index contributed by atoms with van der Waals surface area (Å²) in [6, 6.07) is 14.7. The predicted octanol–water partition coefficient (Wildman–Crippen LogP) is 6.46. The van der Waals surface area contributed by atoms with Crippen LogP contribution in [0, 0.1) is 23.1 Å². The van der Waals surface area contributed by atoms with Crippen LogP contribution in [-0.2, 0) is 16.0 Å². The standard InChI is InChI=1S/C32H32FNO4/c1-4-5-23(16-21(2)35)22-6-8-24(9-7-22)38-30-15-12-27-26(11-13-28(33)31(27)30)29-14-10-25(17-34-29)37-20-32(3)18-36-19-32/h6-11,13-14,17,23,30H,12,15-16,18-20H2,1-3H3/t23-,30+/m0/s1. The number of halogens is 1. The van der Waals surface area contributed by atoms with Gasteiger partial charge in [0.15, 0.2) is 0 Å². The molecule has 1 saturated heterocycles. The number of carbonyl (C=O) groups is 1. The molecule has 38 heavy (non-hydrogen) atoms. The molecule has 1 aliphatic heterocycles. The SMILES string of the molecule is CC#C[C@@H](CC(C)=O)c1ccc(O[C@@H]2CCc3c(-c4ccc(OCC5(C)COC5)cn4)ccc(F)c32)cc1. The van der Waals surface area contributed by atoms with Gasteiger partial charge in [-0.3, -0.25) is 9.78 Å². The average molecular weight is 514 g/mol. The molecule has 5 nitrogen and oxygen atoms in total. The Balaban J connectivity index is 1.31. The van der Waals surface area contributed by atoms with Crippen molar-refractivity contribution in [3.63, 3.8) is 0 Å². The molecule has 6 heteroatoms. The van der Waals surface area contributed by atoms with Gasteiger partial charge in [0.2, 0.25) is 0 Å². The van der Waals surface area contributed by atoms with E-state index in [0.717, 1.165) is 22.4 Å². The molecule has 2 aliphatic rings. The molecule has 5 rings (SSSR count). The first-order valence-corrected chi connectivity index (χ1v) is 13.0. The number of carbonyl (C=O) groups excluding carboxylic acids is 1. The van der Waals surface area contributed by atoms with Gasteiger partial charge in [0.25, 0.3) is 0 Å². The molecular weight excluding hydrogens is 481 g/mol. The lowest BCUT2D eigenvalue weighted by atomic mass is 9.90. The van der Waals surface area contributed by atoms with E-state index >= 15 is 4.39 Å². The van der Waals surface area contributed by atoms with Crippen molar-refractivity contribution in [2.24, 2.45) is 5.41 Å². The Morgan fingerprint density at radius 1 is 1.16 bits per heavy atom. The molecule has 0 saturated carbocycles. The summed E-state index contributed by atoms with van der Waals surface area (Å²) in [5.74, 6) is 7.08. The van der Waals surface area contributed by atoms with Gasteiger partial charge in [-0.2, -0.15) is 0 Å². The lowest BCUT2D eigenvalue weighted by molar-refractivity contribution is -0.120. The Kier molecular flexibility index (Phi) is 7.49. The molecule has 1 aromatic heterocycles. The zero-order chi connectivity index (χ0) is 26.7. The zero-order valence-electron chi connectivity index (χ0n) is 22.1. The number of nitrogens with zero attached hydrogens (tertiary/aromatic N) is 1. The fraction of sp³-hybridized carbons (Fsp3) is 0.375. The van der Waals surface area contributed by atoms with Gasteiger partial charge >= 0.3 is 0 Å². The maximum atomic E-state index is 15.1. The topological polar surface area (TPSA) is 57.7 Å². The van der Waals surface area contributed by atoms with Gasteiger partial charge in [-0.1, -0.05) is 25.0 Å². The number of hydrogen-bond donors (Lipinski definition) is 0. The Hall–Kier alpha value is -3.69. The molecular formula is C32H32FNO4. The molecule has 1 fully saturated rings. The lowest BCUT2D eigenvalue weighted by Crippen LogP contribution is -2.44. The largest absolute Gasteiger partial charge is 0.491 e. The Morgan fingerprint density at radius 2 is 1.92 bits per heavy atom. The normalized spacial score (nSPS) is 17.9. The van der Waals surface area contributed by atoms with Crippen molar-refractivity contribution in [2.75, 3.05) is 19.8 Å². The van der Waals surface area contributed by atoms with Crippen LogP contribution in [0.2, 0.25) is 0 Å². The van der Waals surface area contributed by atoms with Crippen molar-refractivity contribution in [1.82, 2.24) is 4.98 Å². The van der Waals surface area contributed by atoms with Crippen LogP contribution in [0.15, 0.2) is 54.7 Å². The summed E-state index contributed by atoms with van der Waals surface area (Å²) < 4.78 is 32.5. The van der Waals surface area contributed by atoms with Crippen LogP contribution in [0.5, 0.6) is 11.5 Å². The second-order valence-corrected chi connectivity index (χ2v) is 10.5. The molecule has 0 amide bonds. The minimum absolute atomic E-state index is 0.0612. The summed E-state index contributed by atoms with van der Waals surface area (Å²) in [4.78, 5) is 16.2. The summed E-state index contributed by atoms with van der Waals surface area (Å²) in [6.45, 7) is 7.49. The number of fused-ring (bicyclic) bond motifs is 1. The van der Waals surface area contributed by atoms with Gasteiger partial charge in [-0.25, -0.2) is 4.39 Å². The molecule has 0 radical (unpaired) electrons. The second-order valence-electron chi connectivity index (χ2n) is 10.5. The second kappa shape index (κ2) is 11.0. The number of benzene rings is 2. The third-order valence-electron chi connectivity index (χ3n) is 7.15. The molecule has 1 aliphatic carbocycles. The van der Waals surface area contributed by atoms with E-state index in [1.165, 1.54) is 6.07 Å². The molecule has 0 spiro atoms. The van der Waals surface area contributed by atoms with Crippen molar-refractivity contribution in [2.45, 2.75) is 52.1 Å². The zero-order valence-corrected chi connectivity index (χ0v) is 22.1. The number of aromatic nitrogens is 1. The molecule has 2 aromatic carbocycles. The van der Waals surface area contributed by atoms with Gasteiger partial charge in [0.1, 0.15) is 29.2 Å². The highest BCUT2D eigenvalue weighted by molar-refractivity contribution is 5.77. The van der Waals surface area contributed by atoms with Crippen molar-refractivity contribution >= 4 is 5.78 Å². The van der Waals surface area contributed by atoms with E-state index in [1.54, 1.807) is 26.1 Å².